The lowest BCUT2D eigenvalue weighted by atomic mass is 9.88. The van der Waals surface area contributed by atoms with Crippen LogP contribution in [0.25, 0.3) is 10.9 Å². The number of fused-ring (bicyclic) bond motifs is 1. The van der Waals surface area contributed by atoms with Crippen LogP contribution in [0.4, 0.5) is 0 Å². The number of aromatic amines is 1. The minimum atomic E-state index is -0.00459. The van der Waals surface area contributed by atoms with E-state index in [1.807, 2.05) is 42.6 Å². The van der Waals surface area contributed by atoms with Gasteiger partial charge in [-0.3, -0.25) is 4.79 Å². The van der Waals surface area contributed by atoms with E-state index in [9.17, 15) is 4.79 Å². The van der Waals surface area contributed by atoms with E-state index in [4.69, 9.17) is 11.6 Å². The number of amides is 1. The molecule has 0 aliphatic heterocycles. The Labute approximate surface area is 153 Å². The molecule has 1 aromatic heterocycles. The number of carbonyl (C=O) groups excluding carboxylic acids is 1. The van der Waals surface area contributed by atoms with Gasteiger partial charge in [-0.15, -0.1) is 0 Å². The second-order valence-electron chi connectivity index (χ2n) is 6.30. The van der Waals surface area contributed by atoms with E-state index in [1.165, 1.54) is 0 Å². The minimum absolute atomic E-state index is 0.00459. The number of aromatic nitrogens is 1. The SMILES string of the molecule is CCCCNC(=O)C[C@H](c1ccc(Cl)cc1)c1c[nH]c2ccccc12. The number of hydrogen-bond acceptors (Lipinski definition) is 1. The van der Waals surface area contributed by atoms with E-state index in [-0.39, 0.29) is 11.8 Å². The molecule has 0 aliphatic rings. The summed E-state index contributed by atoms with van der Waals surface area (Å²) in [7, 11) is 0. The van der Waals surface area contributed by atoms with Crippen molar-refractivity contribution >= 4 is 28.4 Å². The van der Waals surface area contributed by atoms with Crippen molar-refractivity contribution in [3.63, 3.8) is 0 Å². The Bertz CT molecular complexity index is 838. The molecule has 3 nitrogen and oxygen atoms in total. The summed E-state index contributed by atoms with van der Waals surface area (Å²) < 4.78 is 0. The molecule has 0 unspecified atom stereocenters. The Morgan fingerprint density at radius 1 is 1.16 bits per heavy atom. The molecule has 1 heterocycles. The molecule has 25 heavy (non-hydrogen) atoms. The van der Waals surface area contributed by atoms with Crippen molar-refractivity contribution in [2.75, 3.05) is 6.54 Å². The Hall–Kier alpha value is -2.26. The summed E-state index contributed by atoms with van der Waals surface area (Å²) in [5, 5.41) is 4.89. The molecule has 3 aromatic rings. The third-order valence-corrected chi connectivity index (χ3v) is 4.76. The van der Waals surface area contributed by atoms with Gasteiger partial charge in [-0.2, -0.15) is 0 Å². The van der Waals surface area contributed by atoms with Crippen LogP contribution in [0.1, 0.15) is 43.2 Å². The number of carbonyl (C=O) groups is 1. The summed E-state index contributed by atoms with van der Waals surface area (Å²) in [6.45, 7) is 2.85. The summed E-state index contributed by atoms with van der Waals surface area (Å²) >= 11 is 6.04. The maximum atomic E-state index is 12.5. The fourth-order valence-corrected chi connectivity index (χ4v) is 3.27. The number of H-pyrrole nitrogens is 1. The number of unbranched alkanes of at least 4 members (excludes halogenated alkanes) is 1. The number of benzene rings is 2. The van der Waals surface area contributed by atoms with Crippen molar-refractivity contribution in [2.45, 2.75) is 32.1 Å². The van der Waals surface area contributed by atoms with Crippen molar-refractivity contribution in [2.24, 2.45) is 0 Å². The van der Waals surface area contributed by atoms with E-state index in [2.05, 4.69) is 29.4 Å². The zero-order valence-electron chi connectivity index (χ0n) is 14.4. The molecule has 0 aliphatic carbocycles. The van der Waals surface area contributed by atoms with E-state index in [1.54, 1.807) is 0 Å². The number of nitrogens with one attached hydrogen (secondary N) is 2. The lowest BCUT2D eigenvalue weighted by Crippen LogP contribution is -2.26. The topological polar surface area (TPSA) is 44.9 Å². The molecule has 2 aromatic carbocycles. The second kappa shape index (κ2) is 8.21. The Morgan fingerprint density at radius 2 is 1.92 bits per heavy atom. The van der Waals surface area contributed by atoms with Crippen LogP contribution in [0.2, 0.25) is 5.02 Å². The fraction of sp³-hybridized carbons (Fsp3) is 0.286. The molecule has 4 heteroatoms. The van der Waals surface area contributed by atoms with E-state index >= 15 is 0 Å². The monoisotopic (exact) mass is 354 g/mol. The van der Waals surface area contributed by atoms with E-state index in [0.29, 0.717) is 11.4 Å². The molecule has 3 rings (SSSR count). The highest BCUT2D eigenvalue weighted by Gasteiger charge is 2.21. The molecule has 1 amide bonds. The first-order valence-electron chi connectivity index (χ1n) is 8.77. The minimum Gasteiger partial charge on any atom is -0.361 e. The van der Waals surface area contributed by atoms with Gasteiger partial charge in [0.25, 0.3) is 0 Å². The Balaban J connectivity index is 1.91. The van der Waals surface area contributed by atoms with Gasteiger partial charge in [0, 0.05) is 41.0 Å². The van der Waals surface area contributed by atoms with Crippen LogP contribution in [0.15, 0.2) is 54.7 Å². The highest BCUT2D eigenvalue weighted by Crippen LogP contribution is 2.33. The standard InChI is InChI=1S/C21H23ClN2O/c1-2-3-12-23-21(25)13-18(15-8-10-16(22)11-9-15)19-14-24-20-7-5-4-6-17(19)20/h4-11,14,18,24H,2-3,12-13H2,1H3,(H,23,25)/t18-/m1/s1. The van der Waals surface area contributed by atoms with Gasteiger partial charge >= 0.3 is 0 Å². The van der Waals surface area contributed by atoms with Gasteiger partial charge in [-0.25, -0.2) is 0 Å². The zero-order chi connectivity index (χ0) is 17.6. The largest absolute Gasteiger partial charge is 0.361 e. The highest BCUT2D eigenvalue weighted by molar-refractivity contribution is 6.30. The van der Waals surface area contributed by atoms with Gasteiger partial charge in [-0.1, -0.05) is 55.3 Å². The average molecular weight is 355 g/mol. The number of rotatable bonds is 7. The van der Waals surface area contributed by atoms with Gasteiger partial charge in [0.15, 0.2) is 0 Å². The number of halogens is 1. The molecule has 0 spiro atoms. The molecular weight excluding hydrogens is 332 g/mol. The Morgan fingerprint density at radius 3 is 2.68 bits per heavy atom. The van der Waals surface area contributed by atoms with Gasteiger partial charge in [-0.05, 0) is 35.7 Å². The summed E-state index contributed by atoms with van der Waals surface area (Å²) in [4.78, 5) is 15.8. The molecule has 0 bridgehead atoms. The van der Waals surface area contributed by atoms with Crippen molar-refractivity contribution < 1.29 is 4.79 Å². The van der Waals surface area contributed by atoms with Crippen molar-refractivity contribution in [1.82, 2.24) is 10.3 Å². The zero-order valence-corrected chi connectivity index (χ0v) is 15.1. The van der Waals surface area contributed by atoms with Gasteiger partial charge in [0.05, 0.1) is 0 Å². The molecule has 0 saturated heterocycles. The quantitative estimate of drug-likeness (QED) is 0.558. The summed E-state index contributed by atoms with van der Waals surface area (Å²) in [5.74, 6) is 0.0775. The summed E-state index contributed by atoms with van der Waals surface area (Å²) in [5.41, 5.74) is 3.33. The molecule has 2 N–H and O–H groups in total. The molecule has 130 valence electrons. The van der Waals surface area contributed by atoms with Crippen molar-refractivity contribution in [3.8, 4) is 0 Å². The first-order chi connectivity index (χ1) is 12.2. The molecule has 0 fully saturated rings. The normalized spacial score (nSPS) is 12.2. The molecule has 1 atom stereocenters. The number of hydrogen-bond donors (Lipinski definition) is 2. The first-order valence-corrected chi connectivity index (χ1v) is 9.15. The van der Waals surface area contributed by atoms with Crippen LogP contribution in [0, 0.1) is 0 Å². The number of para-hydroxylation sites is 1. The summed E-state index contributed by atoms with van der Waals surface area (Å²) in [6.07, 6.45) is 4.52. The predicted molar refractivity (Wildman–Crippen MR) is 104 cm³/mol. The van der Waals surface area contributed by atoms with Crippen LogP contribution in [0.3, 0.4) is 0 Å². The third kappa shape index (κ3) is 4.23. The molecular formula is C21H23ClN2O. The van der Waals surface area contributed by atoms with E-state index in [0.717, 1.165) is 41.4 Å². The van der Waals surface area contributed by atoms with Crippen LogP contribution in [-0.2, 0) is 4.79 Å². The van der Waals surface area contributed by atoms with Crippen molar-refractivity contribution in [3.05, 3.63) is 70.9 Å². The lowest BCUT2D eigenvalue weighted by Gasteiger charge is -2.17. The van der Waals surface area contributed by atoms with E-state index < -0.39 is 0 Å². The highest BCUT2D eigenvalue weighted by atomic mass is 35.5. The maximum absolute atomic E-state index is 12.5. The predicted octanol–water partition coefficient (Wildman–Crippen LogP) is 5.26. The maximum Gasteiger partial charge on any atom is 0.220 e. The average Bonchev–Trinajstić information content (AvgIpc) is 3.05. The van der Waals surface area contributed by atoms with Crippen LogP contribution >= 0.6 is 11.6 Å². The first kappa shape index (κ1) is 17.6. The smallest absolute Gasteiger partial charge is 0.220 e. The molecule has 0 saturated carbocycles. The van der Waals surface area contributed by atoms with Crippen LogP contribution < -0.4 is 5.32 Å². The molecule has 0 radical (unpaired) electrons. The van der Waals surface area contributed by atoms with Gasteiger partial charge < -0.3 is 10.3 Å². The van der Waals surface area contributed by atoms with Gasteiger partial charge in [0.1, 0.15) is 0 Å². The van der Waals surface area contributed by atoms with Crippen LogP contribution in [0.5, 0.6) is 0 Å². The Kier molecular flexibility index (Phi) is 5.77. The third-order valence-electron chi connectivity index (χ3n) is 4.51. The van der Waals surface area contributed by atoms with Crippen LogP contribution in [-0.4, -0.2) is 17.4 Å². The second-order valence-corrected chi connectivity index (χ2v) is 6.74. The van der Waals surface area contributed by atoms with Crippen molar-refractivity contribution in [1.29, 1.82) is 0 Å². The lowest BCUT2D eigenvalue weighted by molar-refractivity contribution is -0.121. The fourth-order valence-electron chi connectivity index (χ4n) is 3.15. The van der Waals surface area contributed by atoms with Gasteiger partial charge in [0.2, 0.25) is 5.91 Å². The summed E-state index contributed by atoms with van der Waals surface area (Å²) in [6, 6.07) is 16.0.